The second-order valence-corrected chi connectivity index (χ2v) is 4.91. The minimum absolute atomic E-state index is 0.00577. The van der Waals surface area contributed by atoms with Crippen LogP contribution in [0.2, 0.25) is 0 Å². The molecule has 0 fully saturated rings. The Morgan fingerprint density at radius 3 is 3.00 bits per heavy atom. The molecule has 1 amide bonds. The SMILES string of the molecule is CC(=O)NCCCc1ncnn1Cc1cccc(C)c1. The number of hydrogen-bond acceptors (Lipinski definition) is 3. The third kappa shape index (κ3) is 4.19. The monoisotopic (exact) mass is 272 g/mol. The number of carbonyl (C=O) groups is 1. The Kier molecular flexibility index (Phi) is 4.87. The third-order valence-corrected chi connectivity index (χ3v) is 3.06. The Bertz CT molecular complexity index is 577. The molecule has 0 spiro atoms. The second-order valence-electron chi connectivity index (χ2n) is 4.91. The van der Waals surface area contributed by atoms with E-state index in [1.54, 1.807) is 6.33 Å². The smallest absolute Gasteiger partial charge is 0.216 e. The Hall–Kier alpha value is -2.17. The van der Waals surface area contributed by atoms with Gasteiger partial charge in [0.1, 0.15) is 12.2 Å². The minimum atomic E-state index is 0.00577. The molecule has 5 nitrogen and oxygen atoms in total. The number of nitrogens with zero attached hydrogens (tertiary/aromatic N) is 3. The van der Waals surface area contributed by atoms with Crippen molar-refractivity contribution in [2.24, 2.45) is 0 Å². The van der Waals surface area contributed by atoms with Gasteiger partial charge in [0, 0.05) is 19.9 Å². The number of aryl methyl sites for hydroxylation is 2. The number of benzene rings is 1. The van der Waals surface area contributed by atoms with Crippen molar-refractivity contribution in [3.05, 3.63) is 47.5 Å². The summed E-state index contributed by atoms with van der Waals surface area (Å²) in [6.45, 7) is 5.02. The van der Waals surface area contributed by atoms with Crippen molar-refractivity contribution in [3.8, 4) is 0 Å². The van der Waals surface area contributed by atoms with E-state index in [0.717, 1.165) is 25.2 Å². The molecule has 0 unspecified atom stereocenters. The molecule has 106 valence electrons. The minimum Gasteiger partial charge on any atom is -0.356 e. The molecule has 0 radical (unpaired) electrons. The number of amides is 1. The molecule has 1 N–H and O–H groups in total. The summed E-state index contributed by atoms with van der Waals surface area (Å²) in [6, 6.07) is 8.38. The van der Waals surface area contributed by atoms with Gasteiger partial charge in [-0.3, -0.25) is 4.79 Å². The van der Waals surface area contributed by atoms with Gasteiger partial charge in [0.15, 0.2) is 0 Å². The highest BCUT2D eigenvalue weighted by atomic mass is 16.1. The van der Waals surface area contributed by atoms with Crippen LogP contribution in [-0.4, -0.2) is 27.2 Å². The molecule has 20 heavy (non-hydrogen) atoms. The molecule has 5 heteroatoms. The molecule has 0 aliphatic carbocycles. The van der Waals surface area contributed by atoms with Crippen LogP contribution in [-0.2, 0) is 17.8 Å². The number of carbonyl (C=O) groups excluding carboxylic acids is 1. The summed E-state index contributed by atoms with van der Waals surface area (Å²) in [6.07, 6.45) is 3.27. The maximum Gasteiger partial charge on any atom is 0.216 e. The van der Waals surface area contributed by atoms with Crippen molar-refractivity contribution in [2.45, 2.75) is 33.2 Å². The van der Waals surface area contributed by atoms with E-state index in [2.05, 4.69) is 46.6 Å². The zero-order valence-electron chi connectivity index (χ0n) is 12.0. The van der Waals surface area contributed by atoms with Gasteiger partial charge in [-0.05, 0) is 18.9 Å². The van der Waals surface area contributed by atoms with Crippen LogP contribution in [0.5, 0.6) is 0 Å². The molecule has 2 rings (SSSR count). The highest BCUT2D eigenvalue weighted by molar-refractivity contribution is 5.72. The summed E-state index contributed by atoms with van der Waals surface area (Å²) < 4.78 is 1.92. The van der Waals surface area contributed by atoms with Crippen molar-refractivity contribution in [2.75, 3.05) is 6.54 Å². The number of hydrogen-bond donors (Lipinski definition) is 1. The van der Waals surface area contributed by atoms with Gasteiger partial charge in [0.05, 0.1) is 6.54 Å². The molecule has 0 saturated heterocycles. The lowest BCUT2D eigenvalue weighted by atomic mass is 10.1. The number of nitrogens with one attached hydrogen (secondary N) is 1. The van der Waals surface area contributed by atoms with E-state index in [-0.39, 0.29) is 5.91 Å². The molecule has 1 aromatic heterocycles. The van der Waals surface area contributed by atoms with E-state index in [0.29, 0.717) is 6.54 Å². The standard InChI is InChI=1S/C15H20N4O/c1-12-5-3-6-14(9-12)10-19-15(17-11-18-19)7-4-8-16-13(2)20/h3,5-6,9,11H,4,7-8,10H2,1-2H3,(H,16,20). The van der Waals surface area contributed by atoms with E-state index < -0.39 is 0 Å². The van der Waals surface area contributed by atoms with Crippen LogP contribution in [0, 0.1) is 6.92 Å². The average Bonchev–Trinajstić information content (AvgIpc) is 2.82. The van der Waals surface area contributed by atoms with Crippen molar-refractivity contribution < 1.29 is 4.79 Å². The summed E-state index contributed by atoms with van der Waals surface area (Å²) in [4.78, 5) is 15.1. The highest BCUT2D eigenvalue weighted by Crippen LogP contribution is 2.07. The topological polar surface area (TPSA) is 59.8 Å². The zero-order chi connectivity index (χ0) is 14.4. The maximum absolute atomic E-state index is 10.8. The first-order chi connectivity index (χ1) is 9.65. The Morgan fingerprint density at radius 1 is 1.40 bits per heavy atom. The van der Waals surface area contributed by atoms with Crippen molar-refractivity contribution in [1.29, 1.82) is 0 Å². The second kappa shape index (κ2) is 6.84. The normalized spacial score (nSPS) is 10.5. The molecular formula is C15H20N4O. The molecule has 0 aliphatic rings. The van der Waals surface area contributed by atoms with Gasteiger partial charge < -0.3 is 5.32 Å². The Labute approximate surface area is 119 Å². The maximum atomic E-state index is 10.8. The van der Waals surface area contributed by atoms with E-state index in [4.69, 9.17) is 0 Å². The van der Waals surface area contributed by atoms with Crippen LogP contribution < -0.4 is 5.32 Å². The average molecular weight is 272 g/mol. The van der Waals surface area contributed by atoms with Crippen molar-refractivity contribution in [1.82, 2.24) is 20.1 Å². The van der Waals surface area contributed by atoms with Gasteiger partial charge in [-0.1, -0.05) is 29.8 Å². The fourth-order valence-corrected chi connectivity index (χ4v) is 2.11. The molecule has 0 atom stereocenters. The number of rotatable bonds is 6. The summed E-state index contributed by atoms with van der Waals surface area (Å²) in [5.74, 6) is 0.961. The summed E-state index contributed by atoms with van der Waals surface area (Å²) >= 11 is 0. The van der Waals surface area contributed by atoms with Crippen molar-refractivity contribution >= 4 is 5.91 Å². The largest absolute Gasteiger partial charge is 0.356 e. The van der Waals surface area contributed by atoms with Crippen LogP contribution in [0.1, 0.15) is 30.3 Å². The summed E-state index contributed by atoms with van der Waals surface area (Å²) in [5.41, 5.74) is 2.47. The van der Waals surface area contributed by atoms with Gasteiger partial charge >= 0.3 is 0 Å². The fourth-order valence-electron chi connectivity index (χ4n) is 2.11. The first kappa shape index (κ1) is 14.2. The lowest BCUT2D eigenvalue weighted by Crippen LogP contribution is -2.21. The predicted molar refractivity (Wildman–Crippen MR) is 77.3 cm³/mol. The lowest BCUT2D eigenvalue weighted by Gasteiger charge is -2.07. The van der Waals surface area contributed by atoms with Gasteiger partial charge in [-0.15, -0.1) is 0 Å². The van der Waals surface area contributed by atoms with E-state index in [1.165, 1.54) is 18.1 Å². The number of aromatic nitrogens is 3. The highest BCUT2D eigenvalue weighted by Gasteiger charge is 2.05. The van der Waals surface area contributed by atoms with Crippen LogP contribution >= 0.6 is 0 Å². The third-order valence-electron chi connectivity index (χ3n) is 3.06. The first-order valence-electron chi connectivity index (χ1n) is 6.82. The van der Waals surface area contributed by atoms with Crippen molar-refractivity contribution in [3.63, 3.8) is 0 Å². The van der Waals surface area contributed by atoms with Gasteiger partial charge in [-0.2, -0.15) is 5.10 Å². The first-order valence-corrected chi connectivity index (χ1v) is 6.82. The van der Waals surface area contributed by atoms with Gasteiger partial charge in [0.2, 0.25) is 5.91 Å². The summed E-state index contributed by atoms with van der Waals surface area (Å²) in [7, 11) is 0. The lowest BCUT2D eigenvalue weighted by molar-refractivity contribution is -0.118. The fraction of sp³-hybridized carbons (Fsp3) is 0.400. The molecule has 0 saturated carbocycles. The molecule has 1 heterocycles. The van der Waals surface area contributed by atoms with Crippen LogP contribution in [0.3, 0.4) is 0 Å². The molecule has 1 aromatic carbocycles. The zero-order valence-corrected chi connectivity index (χ0v) is 12.0. The molecule has 0 bridgehead atoms. The quantitative estimate of drug-likeness (QED) is 0.814. The Balaban J connectivity index is 1.93. The van der Waals surface area contributed by atoms with E-state index >= 15 is 0 Å². The van der Waals surface area contributed by atoms with E-state index in [9.17, 15) is 4.79 Å². The van der Waals surface area contributed by atoms with Gasteiger partial charge in [0.25, 0.3) is 0 Å². The predicted octanol–water partition coefficient (Wildman–Crippen LogP) is 1.70. The summed E-state index contributed by atoms with van der Waals surface area (Å²) in [5, 5.41) is 7.06. The molecular weight excluding hydrogens is 252 g/mol. The van der Waals surface area contributed by atoms with Gasteiger partial charge in [-0.25, -0.2) is 9.67 Å². The van der Waals surface area contributed by atoms with E-state index in [1.807, 2.05) is 4.68 Å². The van der Waals surface area contributed by atoms with Crippen LogP contribution in [0.15, 0.2) is 30.6 Å². The van der Waals surface area contributed by atoms with Crippen LogP contribution in [0.4, 0.5) is 0 Å². The molecule has 0 aliphatic heterocycles. The molecule has 2 aromatic rings. The Morgan fingerprint density at radius 2 is 2.25 bits per heavy atom. The van der Waals surface area contributed by atoms with Crippen LogP contribution in [0.25, 0.3) is 0 Å².